The molecule has 0 atom stereocenters. The average Bonchev–Trinajstić information content (AvgIpc) is 3.14. The summed E-state index contributed by atoms with van der Waals surface area (Å²) in [7, 11) is 1.48. The molecule has 0 fully saturated rings. The van der Waals surface area contributed by atoms with Gasteiger partial charge in [-0.15, -0.1) is 0 Å². The van der Waals surface area contributed by atoms with E-state index in [2.05, 4.69) is 20.5 Å². The number of benzene rings is 1. The van der Waals surface area contributed by atoms with Gasteiger partial charge in [0.05, 0.1) is 23.8 Å². The molecule has 0 aliphatic rings. The van der Waals surface area contributed by atoms with Crippen LogP contribution in [0.4, 0.5) is 4.39 Å². The Morgan fingerprint density at radius 1 is 1.24 bits per heavy atom. The van der Waals surface area contributed by atoms with Crippen molar-refractivity contribution < 1.29 is 9.18 Å². The molecule has 4 rings (SSSR count). The van der Waals surface area contributed by atoms with Crippen molar-refractivity contribution in [2.45, 2.75) is 13.5 Å². The smallest absolute Gasteiger partial charge is 0.260 e. The maximum absolute atomic E-state index is 13.9. The van der Waals surface area contributed by atoms with E-state index in [9.17, 15) is 14.0 Å². The van der Waals surface area contributed by atoms with Gasteiger partial charge >= 0.3 is 0 Å². The van der Waals surface area contributed by atoms with Crippen LogP contribution in [0.2, 0.25) is 0 Å². The quantitative estimate of drug-likeness (QED) is 0.559. The van der Waals surface area contributed by atoms with Crippen molar-refractivity contribution >= 4 is 16.7 Å². The number of rotatable bonds is 4. The van der Waals surface area contributed by atoms with E-state index in [1.165, 1.54) is 23.9 Å². The molecule has 0 aliphatic heterocycles. The molecule has 4 aromatic rings. The predicted octanol–water partition coefficient (Wildman–Crippen LogP) is 2.64. The number of hydrogen-bond acceptors (Lipinski definition) is 4. The number of aromatic nitrogens is 4. The number of pyridine rings is 2. The third-order valence-corrected chi connectivity index (χ3v) is 4.77. The molecule has 1 amide bonds. The Balaban J connectivity index is 1.72. The minimum Gasteiger partial charge on any atom is -0.355 e. The summed E-state index contributed by atoms with van der Waals surface area (Å²) >= 11 is 0. The summed E-state index contributed by atoms with van der Waals surface area (Å²) in [5.74, 6) is -0.917. The van der Waals surface area contributed by atoms with Crippen LogP contribution >= 0.6 is 0 Å². The normalized spacial score (nSPS) is 11.0. The van der Waals surface area contributed by atoms with E-state index in [-0.39, 0.29) is 23.6 Å². The zero-order valence-corrected chi connectivity index (χ0v) is 15.9. The van der Waals surface area contributed by atoms with Crippen LogP contribution in [0.15, 0.2) is 53.7 Å². The summed E-state index contributed by atoms with van der Waals surface area (Å²) in [6.45, 7) is 2.04. The number of fused-ring (bicyclic) bond motifs is 1. The van der Waals surface area contributed by atoms with Crippen LogP contribution in [0, 0.1) is 12.7 Å². The molecule has 7 nitrogen and oxygen atoms in total. The first kappa shape index (κ1) is 18.5. The number of aryl methyl sites for hydroxylation is 1. The Hall–Kier alpha value is -3.81. The zero-order chi connectivity index (χ0) is 20.5. The molecule has 3 aromatic heterocycles. The maximum Gasteiger partial charge on any atom is 0.260 e. The second-order valence-corrected chi connectivity index (χ2v) is 6.74. The molecule has 146 valence electrons. The van der Waals surface area contributed by atoms with E-state index >= 15 is 0 Å². The van der Waals surface area contributed by atoms with Crippen LogP contribution in [0.1, 0.15) is 21.6 Å². The highest BCUT2D eigenvalue weighted by Crippen LogP contribution is 2.22. The van der Waals surface area contributed by atoms with Gasteiger partial charge in [0.25, 0.3) is 11.5 Å². The number of halogens is 1. The third-order valence-electron chi connectivity index (χ3n) is 4.77. The fourth-order valence-corrected chi connectivity index (χ4v) is 3.27. The molecule has 0 saturated carbocycles. The SMILES string of the molecule is CNC(=O)c1cc(F)cc(Cn2ccc3cc(-c4cn[nH]c4C)ncc3c2=O)c1. The van der Waals surface area contributed by atoms with Crippen LogP contribution < -0.4 is 10.9 Å². The lowest BCUT2D eigenvalue weighted by Crippen LogP contribution is -2.21. The minimum atomic E-state index is -0.531. The average molecular weight is 391 g/mol. The highest BCUT2D eigenvalue weighted by molar-refractivity contribution is 5.94. The van der Waals surface area contributed by atoms with E-state index in [4.69, 9.17) is 0 Å². The Labute approximate surface area is 165 Å². The van der Waals surface area contributed by atoms with Gasteiger partial charge in [0.2, 0.25) is 0 Å². The summed E-state index contributed by atoms with van der Waals surface area (Å²) in [5, 5.41) is 10.5. The largest absolute Gasteiger partial charge is 0.355 e. The van der Waals surface area contributed by atoms with Crippen LogP contribution in [-0.2, 0) is 6.54 Å². The Morgan fingerprint density at radius 3 is 2.79 bits per heavy atom. The van der Waals surface area contributed by atoms with E-state index in [1.54, 1.807) is 18.5 Å². The summed E-state index contributed by atoms with van der Waals surface area (Å²) in [6, 6.07) is 7.70. The number of carbonyl (C=O) groups is 1. The van der Waals surface area contributed by atoms with Crippen molar-refractivity contribution in [3.63, 3.8) is 0 Å². The number of nitrogens with zero attached hydrogens (tertiary/aromatic N) is 3. The maximum atomic E-state index is 13.9. The monoisotopic (exact) mass is 391 g/mol. The van der Waals surface area contributed by atoms with Crippen molar-refractivity contribution in [1.29, 1.82) is 0 Å². The highest BCUT2D eigenvalue weighted by atomic mass is 19.1. The number of carbonyl (C=O) groups excluding carboxylic acids is 1. The van der Waals surface area contributed by atoms with E-state index in [1.807, 2.05) is 19.1 Å². The number of nitrogens with one attached hydrogen (secondary N) is 2. The van der Waals surface area contributed by atoms with Gasteiger partial charge in [-0.25, -0.2) is 4.39 Å². The molecule has 29 heavy (non-hydrogen) atoms. The molecule has 0 aliphatic carbocycles. The summed E-state index contributed by atoms with van der Waals surface area (Å²) < 4.78 is 15.4. The van der Waals surface area contributed by atoms with Gasteiger partial charge in [0, 0.05) is 36.3 Å². The van der Waals surface area contributed by atoms with Gasteiger partial charge in [-0.3, -0.25) is 19.7 Å². The van der Waals surface area contributed by atoms with Crippen molar-refractivity contribution in [3.05, 3.63) is 81.9 Å². The first-order valence-electron chi connectivity index (χ1n) is 8.97. The summed E-state index contributed by atoms with van der Waals surface area (Å²) in [4.78, 5) is 29.1. The van der Waals surface area contributed by atoms with Crippen LogP contribution in [0.3, 0.4) is 0 Å². The van der Waals surface area contributed by atoms with Crippen LogP contribution in [0.5, 0.6) is 0 Å². The van der Waals surface area contributed by atoms with Crippen molar-refractivity contribution in [1.82, 2.24) is 25.1 Å². The lowest BCUT2D eigenvalue weighted by molar-refractivity contribution is 0.0962. The summed E-state index contributed by atoms with van der Waals surface area (Å²) in [5.41, 5.74) is 2.97. The molecule has 0 bridgehead atoms. The lowest BCUT2D eigenvalue weighted by Gasteiger charge is -2.10. The molecule has 0 unspecified atom stereocenters. The molecule has 3 heterocycles. The molecular formula is C21H18FN5O2. The van der Waals surface area contributed by atoms with Crippen LogP contribution in [-0.4, -0.2) is 32.7 Å². The fourth-order valence-electron chi connectivity index (χ4n) is 3.27. The van der Waals surface area contributed by atoms with Crippen LogP contribution in [0.25, 0.3) is 22.0 Å². The Bertz CT molecular complexity index is 1290. The first-order valence-corrected chi connectivity index (χ1v) is 8.97. The van der Waals surface area contributed by atoms with Gasteiger partial charge in [-0.05, 0) is 48.2 Å². The molecule has 0 spiro atoms. The van der Waals surface area contributed by atoms with Gasteiger partial charge in [0.15, 0.2) is 0 Å². The van der Waals surface area contributed by atoms with Crippen molar-refractivity contribution in [3.8, 4) is 11.3 Å². The van der Waals surface area contributed by atoms with Gasteiger partial charge in [-0.1, -0.05) is 0 Å². The third kappa shape index (κ3) is 3.52. The zero-order valence-electron chi connectivity index (χ0n) is 15.9. The molecule has 0 radical (unpaired) electrons. The highest BCUT2D eigenvalue weighted by Gasteiger charge is 2.11. The standard InChI is InChI=1S/C21H18FN5O2/c1-12-17(10-25-26-12)19-8-14-3-4-27(21(29)18(14)9-24-19)11-13-5-15(20(28)23-2)7-16(22)6-13/h3-10H,11H2,1-2H3,(H,23,28)(H,25,26). The molecule has 0 saturated heterocycles. The predicted molar refractivity (Wildman–Crippen MR) is 107 cm³/mol. The minimum absolute atomic E-state index is 0.138. The number of amides is 1. The molecule has 2 N–H and O–H groups in total. The lowest BCUT2D eigenvalue weighted by atomic mass is 10.1. The molecular weight excluding hydrogens is 373 g/mol. The second kappa shape index (κ2) is 7.31. The van der Waals surface area contributed by atoms with E-state index < -0.39 is 5.82 Å². The fraction of sp³-hybridized carbons (Fsp3) is 0.143. The van der Waals surface area contributed by atoms with Gasteiger partial charge in [0.1, 0.15) is 5.82 Å². The number of aromatic amines is 1. The number of H-pyrrole nitrogens is 1. The number of hydrogen-bond donors (Lipinski definition) is 2. The van der Waals surface area contributed by atoms with Crippen molar-refractivity contribution in [2.24, 2.45) is 0 Å². The van der Waals surface area contributed by atoms with Gasteiger partial charge in [-0.2, -0.15) is 5.10 Å². The van der Waals surface area contributed by atoms with E-state index in [0.717, 1.165) is 28.4 Å². The molecule has 8 heteroatoms. The van der Waals surface area contributed by atoms with Gasteiger partial charge < -0.3 is 9.88 Å². The molecule has 1 aromatic carbocycles. The summed E-state index contributed by atoms with van der Waals surface area (Å²) in [6.07, 6.45) is 4.89. The topological polar surface area (TPSA) is 92.7 Å². The Morgan fingerprint density at radius 2 is 2.07 bits per heavy atom. The first-order chi connectivity index (χ1) is 14.0. The Kier molecular flexibility index (Phi) is 4.67. The second-order valence-electron chi connectivity index (χ2n) is 6.74. The van der Waals surface area contributed by atoms with E-state index in [0.29, 0.717) is 10.9 Å². The van der Waals surface area contributed by atoms with Crippen molar-refractivity contribution in [2.75, 3.05) is 7.05 Å².